The number of hydrogen-bond donors (Lipinski definition) is 2. The van der Waals surface area contributed by atoms with Crippen molar-refractivity contribution in [1.82, 2.24) is 25.0 Å². The Morgan fingerprint density at radius 3 is 2.84 bits per heavy atom. The maximum atomic E-state index is 12.2. The van der Waals surface area contributed by atoms with E-state index in [0.29, 0.717) is 17.5 Å². The summed E-state index contributed by atoms with van der Waals surface area (Å²) >= 11 is 0. The van der Waals surface area contributed by atoms with E-state index in [9.17, 15) is 4.79 Å². The third-order valence-corrected chi connectivity index (χ3v) is 2.77. The Labute approximate surface area is 110 Å². The normalized spacial score (nSPS) is 11.5. The Morgan fingerprint density at radius 2 is 2.32 bits per heavy atom. The van der Waals surface area contributed by atoms with Gasteiger partial charge in [0, 0.05) is 6.20 Å². The first-order valence-corrected chi connectivity index (χ1v) is 5.77. The van der Waals surface area contributed by atoms with Gasteiger partial charge in [-0.05, 0) is 20.8 Å². The van der Waals surface area contributed by atoms with E-state index in [4.69, 9.17) is 10.3 Å². The second-order valence-corrected chi connectivity index (χ2v) is 4.68. The van der Waals surface area contributed by atoms with Gasteiger partial charge in [0.25, 0.3) is 0 Å². The van der Waals surface area contributed by atoms with E-state index in [1.165, 1.54) is 6.33 Å². The van der Waals surface area contributed by atoms with Crippen LogP contribution in [0.1, 0.15) is 25.6 Å². The molecule has 8 nitrogen and oxygen atoms in total. The highest BCUT2D eigenvalue weighted by Gasteiger charge is 2.29. The number of nitrogens with one attached hydrogen (secondary N) is 1. The molecule has 0 aliphatic heterocycles. The number of anilines is 1. The third kappa shape index (κ3) is 2.72. The lowest BCUT2D eigenvalue weighted by Gasteiger charge is -2.24. The van der Waals surface area contributed by atoms with Crippen LogP contribution in [0.2, 0.25) is 0 Å². The molecule has 0 radical (unpaired) electrons. The van der Waals surface area contributed by atoms with E-state index in [-0.39, 0.29) is 12.5 Å². The minimum Gasteiger partial charge on any atom is -0.382 e. The number of imidazole rings is 1. The minimum absolute atomic E-state index is 0.188. The van der Waals surface area contributed by atoms with Gasteiger partial charge >= 0.3 is 0 Å². The molecule has 0 unspecified atom stereocenters. The highest BCUT2D eigenvalue weighted by molar-refractivity contribution is 5.83. The van der Waals surface area contributed by atoms with Crippen LogP contribution in [0.15, 0.2) is 17.0 Å². The quantitative estimate of drug-likeness (QED) is 0.816. The second-order valence-electron chi connectivity index (χ2n) is 4.68. The van der Waals surface area contributed by atoms with Gasteiger partial charge in [0.15, 0.2) is 5.82 Å². The molecule has 2 aromatic rings. The van der Waals surface area contributed by atoms with E-state index in [1.807, 2.05) is 0 Å². The summed E-state index contributed by atoms with van der Waals surface area (Å²) in [5, 5.41) is 6.38. The molecule has 2 aromatic heterocycles. The highest BCUT2D eigenvalue weighted by atomic mass is 16.5. The number of carbonyl (C=O) groups excluding carboxylic acids is 1. The zero-order valence-corrected chi connectivity index (χ0v) is 11.0. The number of aromatic nitrogens is 4. The fourth-order valence-electron chi connectivity index (χ4n) is 1.55. The average molecular weight is 264 g/mol. The second kappa shape index (κ2) is 4.71. The number of nitrogens with zero attached hydrogens (tertiary/aromatic N) is 4. The zero-order valence-electron chi connectivity index (χ0n) is 11.0. The smallest absolute Gasteiger partial charge is 0.246 e. The van der Waals surface area contributed by atoms with Gasteiger partial charge < -0.3 is 20.1 Å². The third-order valence-electron chi connectivity index (χ3n) is 2.77. The molecule has 2 heterocycles. The van der Waals surface area contributed by atoms with Crippen LogP contribution in [0.5, 0.6) is 0 Å². The fraction of sp³-hybridized carbons (Fsp3) is 0.455. The summed E-state index contributed by atoms with van der Waals surface area (Å²) in [6.45, 7) is 5.44. The Hall–Kier alpha value is -2.38. The number of rotatable bonds is 4. The molecule has 1 amide bonds. The van der Waals surface area contributed by atoms with Crippen molar-refractivity contribution in [2.24, 2.45) is 0 Å². The molecule has 2 rings (SSSR count). The molecule has 0 spiro atoms. The molecule has 3 N–H and O–H groups in total. The summed E-state index contributed by atoms with van der Waals surface area (Å²) in [7, 11) is 0. The molecule has 0 atom stereocenters. The maximum Gasteiger partial charge on any atom is 0.246 e. The van der Waals surface area contributed by atoms with E-state index < -0.39 is 5.54 Å². The van der Waals surface area contributed by atoms with Crippen LogP contribution in [-0.2, 0) is 16.9 Å². The van der Waals surface area contributed by atoms with Crippen molar-refractivity contribution in [3.63, 3.8) is 0 Å². The molecular weight excluding hydrogens is 248 g/mol. The molecule has 0 aliphatic rings. The van der Waals surface area contributed by atoms with Crippen molar-refractivity contribution in [2.45, 2.75) is 32.9 Å². The Morgan fingerprint density at radius 1 is 1.58 bits per heavy atom. The molecule has 8 heteroatoms. The van der Waals surface area contributed by atoms with E-state index in [1.54, 1.807) is 31.5 Å². The number of carbonyl (C=O) groups is 1. The van der Waals surface area contributed by atoms with E-state index in [0.717, 1.165) is 0 Å². The predicted octanol–water partition coefficient (Wildman–Crippen LogP) is 0.208. The Balaban J connectivity index is 2.02. The maximum absolute atomic E-state index is 12.2. The van der Waals surface area contributed by atoms with Crippen LogP contribution in [0.3, 0.4) is 0 Å². The van der Waals surface area contributed by atoms with Gasteiger partial charge in [0.1, 0.15) is 11.4 Å². The summed E-state index contributed by atoms with van der Waals surface area (Å²) in [6.07, 6.45) is 3.13. The van der Waals surface area contributed by atoms with Crippen LogP contribution in [0.4, 0.5) is 5.82 Å². The lowest BCUT2D eigenvalue weighted by Crippen LogP contribution is -2.43. The first-order valence-electron chi connectivity index (χ1n) is 5.77. The Bertz CT molecular complexity index is 586. The van der Waals surface area contributed by atoms with Crippen molar-refractivity contribution in [2.75, 3.05) is 5.73 Å². The van der Waals surface area contributed by atoms with Gasteiger partial charge in [-0.1, -0.05) is 5.16 Å². The van der Waals surface area contributed by atoms with Crippen LogP contribution in [-0.4, -0.2) is 25.6 Å². The highest BCUT2D eigenvalue weighted by Crippen LogP contribution is 2.16. The number of nitrogen functional groups attached to an aromatic ring is 1. The van der Waals surface area contributed by atoms with Gasteiger partial charge in [0.05, 0.1) is 12.9 Å². The molecule has 0 saturated carbocycles. The number of aryl methyl sites for hydroxylation is 1. The van der Waals surface area contributed by atoms with Crippen LogP contribution < -0.4 is 11.1 Å². The van der Waals surface area contributed by atoms with Crippen molar-refractivity contribution in [1.29, 1.82) is 0 Å². The SMILES string of the molecule is Cc1noc(CNC(=O)C(C)(C)n2cnc(N)c2)n1. The lowest BCUT2D eigenvalue weighted by molar-refractivity contribution is -0.128. The predicted molar refractivity (Wildman–Crippen MR) is 66.8 cm³/mol. The summed E-state index contributed by atoms with van der Waals surface area (Å²) in [5.41, 5.74) is 4.74. The molecule has 19 heavy (non-hydrogen) atoms. The summed E-state index contributed by atoms with van der Waals surface area (Å²) in [5.74, 6) is 1.08. The first-order chi connectivity index (χ1) is 8.89. The largest absolute Gasteiger partial charge is 0.382 e. The fourth-order valence-corrected chi connectivity index (χ4v) is 1.55. The van der Waals surface area contributed by atoms with Gasteiger partial charge in [-0.3, -0.25) is 4.79 Å². The van der Waals surface area contributed by atoms with Gasteiger partial charge in [-0.15, -0.1) is 0 Å². The average Bonchev–Trinajstić information content (AvgIpc) is 2.95. The van der Waals surface area contributed by atoms with Crippen molar-refractivity contribution in [3.05, 3.63) is 24.2 Å². The molecule has 0 aliphatic carbocycles. The molecule has 0 fully saturated rings. The first kappa shape index (κ1) is 13.1. The molecule has 0 saturated heterocycles. The zero-order chi connectivity index (χ0) is 14.0. The van der Waals surface area contributed by atoms with Crippen molar-refractivity contribution in [3.8, 4) is 0 Å². The van der Waals surface area contributed by atoms with Crippen LogP contribution in [0, 0.1) is 6.92 Å². The number of hydrogen-bond acceptors (Lipinski definition) is 6. The monoisotopic (exact) mass is 264 g/mol. The van der Waals surface area contributed by atoms with Crippen LogP contribution in [0.25, 0.3) is 0 Å². The van der Waals surface area contributed by atoms with Crippen molar-refractivity contribution < 1.29 is 9.32 Å². The van der Waals surface area contributed by atoms with Gasteiger partial charge in [-0.25, -0.2) is 4.98 Å². The van der Waals surface area contributed by atoms with Crippen molar-refractivity contribution >= 4 is 11.7 Å². The lowest BCUT2D eigenvalue weighted by atomic mass is 10.0. The molecule has 0 bridgehead atoms. The van der Waals surface area contributed by atoms with E-state index in [2.05, 4.69) is 20.4 Å². The standard InChI is InChI=1S/C11H16N6O2/c1-7-15-9(19-16-7)4-13-10(18)11(2,3)17-5-8(12)14-6-17/h5-6H,4,12H2,1-3H3,(H,13,18). The Kier molecular flexibility index (Phi) is 3.24. The summed E-state index contributed by atoms with van der Waals surface area (Å²) in [4.78, 5) is 20.1. The number of amides is 1. The summed E-state index contributed by atoms with van der Waals surface area (Å²) in [6, 6.07) is 0. The minimum atomic E-state index is -0.806. The van der Waals surface area contributed by atoms with Crippen LogP contribution >= 0.6 is 0 Å². The number of nitrogens with two attached hydrogens (primary N) is 1. The van der Waals surface area contributed by atoms with Gasteiger partial charge in [0.2, 0.25) is 11.8 Å². The topological polar surface area (TPSA) is 112 Å². The molecular formula is C11H16N6O2. The van der Waals surface area contributed by atoms with Gasteiger partial charge in [-0.2, -0.15) is 4.98 Å². The molecule has 102 valence electrons. The summed E-state index contributed by atoms with van der Waals surface area (Å²) < 4.78 is 6.57. The van der Waals surface area contributed by atoms with E-state index >= 15 is 0 Å². The molecule has 0 aromatic carbocycles.